The molecule has 0 aliphatic rings. The lowest BCUT2D eigenvalue weighted by molar-refractivity contribution is 1.05. The first-order chi connectivity index (χ1) is 6.74. The Bertz CT molecular complexity index is 145. The first kappa shape index (κ1) is 14.2. The molecular formula is C13H28P+. The Balaban J connectivity index is 4.00. The summed E-state index contributed by atoms with van der Waals surface area (Å²) in [5.41, 5.74) is 0. The van der Waals surface area contributed by atoms with E-state index in [2.05, 4.69) is 39.8 Å². The molecule has 84 valence electrons. The van der Waals surface area contributed by atoms with Crippen LogP contribution in [-0.4, -0.2) is 24.6 Å². The maximum Gasteiger partial charge on any atom is 0.0628 e. The monoisotopic (exact) mass is 215 g/mol. The van der Waals surface area contributed by atoms with Crippen molar-refractivity contribution in [2.24, 2.45) is 0 Å². The zero-order valence-corrected chi connectivity index (χ0v) is 11.4. The Labute approximate surface area is 91.5 Å². The van der Waals surface area contributed by atoms with Gasteiger partial charge in [-0.15, -0.1) is 0 Å². The van der Waals surface area contributed by atoms with Crippen LogP contribution in [-0.2, 0) is 0 Å². The molecule has 1 heteroatoms. The summed E-state index contributed by atoms with van der Waals surface area (Å²) in [7, 11) is -0.549. The van der Waals surface area contributed by atoms with Crippen molar-refractivity contribution >= 4 is 7.26 Å². The standard InChI is InChI=1S/C13H28P/c1-5-9-10-11-13-14(7-3,8-4)12-6-2/h9-10H,5-8,11-13H2,1-4H3/q+1/b10-9+. The third-order valence-electron chi connectivity index (χ3n) is 3.21. The number of hydrogen-bond donors (Lipinski definition) is 0. The van der Waals surface area contributed by atoms with E-state index in [0.717, 1.165) is 0 Å². The molecule has 14 heavy (non-hydrogen) atoms. The molecule has 0 nitrogen and oxygen atoms in total. The molecule has 0 heterocycles. The minimum Gasteiger partial charge on any atom is -0.0887 e. The Kier molecular flexibility index (Phi) is 8.58. The van der Waals surface area contributed by atoms with Crippen LogP contribution in [0.2, 0.25) is 0 Å². The second kappa shape index (κ2) is 8.48. The number of allylic oxidation sites excluding steroid dienone is 2. The second-order valence-corrected chi connectivity index (χ2v) is 8.93. The highest BCUT2D eigenvalue weighted by molar-refractivity contribution is 7.75. The van der Waals surface area contributed by atoms with Gasteiger partial charge in [-0.25, -0.2) is 0 Å². The first-order valence-corrected chi connectivity index (χ1v) is 8.77. The molecule has 0 rings (SSSR count). The van der Waals surface area contributed by atoms with E-state index >= 15 is 0 Å². The molecule has 0 bridgehead atoms. The van der Waals surface area contributed by atoms with Crippen molar-refractivity contribution in [3.63, 3.8) is 0 Å². The van der Waals surface area contributed by atoms with Crippen molar-refractivity contribution < 1.29 is 0 Å². The molecule has 0 atom stereocenters. The van der Waals surface area contributed by atoms with Crippen molar-refractivity contribution in [3.8, 4) is 0 Å². The summed E-state index contributed by atoms with van der Waals surface area (Å²) in [5.74, 6) is 0. The topological polar surface area (TPSA) is 0 Å². The Morgan fingerprint density at radius 1 is 0.857 bits per heavy atom. The summed E-state index contributed by atoms with van der Waals surface area (Å²) in [6.07, 6.45) is 14.5. The van der Waals surface area contributed by atoms with Gasteiger partial charge >= 0.3 is 0 Å². The summed E-state index contributed by atoms with van der Waals surface area (Å²) < 4.78 is 0. The molecule has 0 amide bonds. The lowest BCUT2D eigenvalue weighted by atomic mass is 10.4. The van der Waals surface area contributed by atoms with E-state index in [1.807, 2.05) is 0 Å². The van der Waals surface area contributed by atoms with E-state index in [1.54, 1.807) is 0 Å². The maximum atomic E-state index is 2.40. The fourth-order valence-electron chi connectivity index (χ4n) is 2.08. The molecule has 0 unspecified atom stereocenters. The molecule has 0 aliphatic heterocycles. The van der Waals surface area contributed by atoms with Gasteiger partial charge in [0.2, 0.25) is 0 Å². The van der Waals surface area contributed by atoms with Gasteiger partial charge in [-0.1, -0.05) is 26.0 Å². The van der Waals surface area contributed by atoms with Crippen LogP contribution in [0.25, 0.3) is 0 Å². The summed E-state index contributed by atoms with van der Waals surface area (Å²) in [4.78, 5) is 0. The molecule has 0 radical (unpaired) electrons. The highest BCUT2D eigenvalue weighted by Crippen LogP contribution is 2.58. The van der Waals surface area contributed by atoms with Gasteiger partial charge in [0.25, 0.3) is 0 Å². The maximum absolute atomic E-state index is 2.40. The fraction of sp³-hybridized carbons (Fsp3) is 0.846. The van der Waals surface area contributed by atoms with Crippen LogP contribution in [0, 0.1) is 0 Å². The third-order valence-corrected chi connectivity index (χ3v) is 8.50. The Morgan fingerprint density at radius 3 is 1.93 bits per heavy atom. The predicted molar refractivity (Wildman–Crippen MR) is 72.1 cm³/mol. The summed E-state index contributed by atoms with van der Waals surface area (Å²) in [5, 5.41) is 0. The zero-order valence-electron chi connectivity index (χ0n) is 10.6. The smallest absolute Gasteiger partial charge is 0.0628 e. The van der Waals surface area contributed by atoms with Crippen LogP contribution < -0.4 is 0 Å². The molecule has 0 aromatic carbocycles. The lowest BCUT2D eigenvalue weighted by Crippen LogP contribution is -2.08. The van der Waals surface area contributed by atoms with Gasteiger partial charge in [-0.3, -0.25) is 0 Å². The van der Waals surface area contributed by atoms with E-state index in [4.69, 9.17) is 0 Å². The molecular weight excluding hydrogens is 187 g/mol. The highest BCUT2D eigenvalue weighted by Gasteiger charge is 2.30. The third kappa shape index (κ3) is 5.15. The number of rotatable bonds is 8. The van der Waals surface area contributed by atoms with Crippen molar-refractivity contribution in [1.29, 1.82) is 0 Å². The largest absolute Gasteiger partial charge is 0.0887 e. The fourth-order valence-corrected chi connectivity index (χ4v) is 5.66. The average Bonchev–Trinajstić information content (AvgIpc) is 2.23. The molecule has 0 N–H and O–H groups in total. The molecule has 0 spiro atoms. The van der Waals surface area contributed by atoms with Crippen LogP contribution >= 0.6 is 7.26 Å². The van der Waals surface area contributed by atoms with Gasteiger partial charge in [0.1, 0.15) is 0 Å². The van der Waals surface area contributed by atoms with E-state index in [9.17, 15) is 0 Å². The van der Waals surface area contributed by atoms with Gasteiger partial charge in [0.15, 0.2) is 0 Å². The van der Waals surface area contributed by atoms with Crippen molar-refractivity contribution in [2.45, 2.75) is 47.0 Å². The van der Waals surface area contributed by atoms with Crippen molar-refractivity contribution in [2.75, 3.05) is 24.6 Å². The first-order valence-electron chi connectivity index (χ1n) is 6.24. The van der Waals surface area contributed by atoms with E-state index in [1.165, 1.54) is 43.9 Å². The molecule has 0 aromatic rings. The van der Waals surface area contributed by atoms with Crippen LogP contribution in [0.1, 0.15) is 47.0 Å². The average molecular weight is 215 g/mol. The van der Waals surface area contributed by atoms with Gasteiger partial charge in [0.05, 0.1) is 24.6 Å². The Hall–Kier alpha value is 0.170. The SMILES string of the molecule is CC/C=C/CC[P+](CC)(CC)CCC. The van der Waals surface area contributed by atoms with Gasteiger partial charge in [0, 0.05) is 7.26 Å². The van der Waals surface area contributed by atoms with E-state index < -0.39 is 7.26 Å². The second-order valence-electron chi connectivity index (χ2n) is 4.09. The van der Waals surface area contributed by atoms with Crippen LogP contribution in [0.4, 0.5) is 0 Å². The Morgan fingerprint density at radius 2 is 1.50 bits per heavy atom. The van der Waals surface area contributed by atoms with Crippen molar-refractivity contribution in [1.82, 2.24) is 0 Å². The summed E-state index contributed by atoms with van der Waals surface area (Å²) in [6.45, 7) is 9.35. The lowest BCUT2D eigenvalue weighted by Gasteiger charge is -2.24. The summed E-state index contributed by atoms with van der Waals surface area (Å²) >= 11 is 0. The molecule has 0 fully saturated rings. The quantitative estimate of drug-likeness (QED) is 0.402. The predicted octanol–water partition coefficient (Wildman–Crippen LogP) is 4.81. The number of hydrogen-bond acceptors (Lipinski definition) is 0. The molecule has 0 aromatic heterocycles. The van der Waals surface area contributed by atoms with Gasteiger partial charge in [-0.2, -0.15) is 0 Å². The van der Waals surface area contributed by atoms with Gasteiger partial charge in [-0.05, 0) is 33.1 Å². The minimum absolute atomic E-state index is 0.549. The van der Waals surface area contributed by atoms with Crippen molar-refractivity contribution in [3.05, 3.63) is 12.2 Å². The molecule has 0 saturated carbocycles. The molecule has 0 saturated heterocycles. The normalized spacial score (nSPS) is 12.6. The van der Waals surface area contributed by atoms with Crippen LogP contribution in [0.3, 0.4) is 0 Å². The zero-order chi connectivity index (χ0) is 10.9. The molecule has 0 aliphatic carbocycles. The highest BCUT2D eigenvalue weighted by atomic mass is 31.2. The van der Waals surface area contributed by atoms with E-state index in [0.29, 0.717) is 0 Å². The van der Waals surface area contributed by atoms with Gasteiger partial charge < -0.3 is 0 Å². The minimum atomic E-state index is -0.549. The summed E-state index contributed by atoms with van der Waals surface area (Å²) in [6, 6.07) is 0. The van der Waals surface area contributed by atoms with Crippen LogP contribution in [0.15, 0.2) is 12.2 Å². The van der Waals surface area contributed by atoms with E-state index in [-0.39, 0.29) is 0 Å². The van der Waals surface area contributed by atoms with Crippen LogP contribution in [0.5, 0.6) is 0 Å².